The third-order valence-corrected chi connectivity index (χ3v) is 6.15. The lowest BCUT2D eigenvalue weighted by atomic mass is 10.0. The molecule has 0 aliphatic carbocycles. The van der Waals surface area contributed by atoms with Crippen LogP contribution in [0.5, 0.6) is 0 Å². The summed E-state index contributed by atoms with van der Waals surface area (Å²) >= 11 is 0. The first kappa shape index (κ1) is 29.6. The maximum absolute atomic E-state index is 13.1. The van der Waals surface area contributed by atoms with Crippen LogP contribution >= 0.6 is 0 Å². The third kappa shape index (κ3) is 8.33. The average Bonchev–Trinajstić information content (AvgIpc) is 2.92. The zero-order valence-electron chi connectivity index (χ0n) is 23.1. The van der Waals surface area contributed by atoms with Crippen LogP contribution in [0.25, 0.3) is 22.3 Å². The van der Waals surface area contributed by atoms with Gasteiger partial charge in [-0.05, 0) is 88.1 Å². The molecule has 7 nitrogen and oxygen atoms in total. The number of halogens is 3. The van der Waals surface area contributed by atoms with Crippen molar-refractivity contribution in [1.82, 2.24) is 20.3 Å². The Balaban J connectivity index is 1.58. The molecule has 0 atom stereocenters. The number of hydrogen-bond acceptors (Lipinski definition) is 6. The Morgan fingerprint density at radius 3 is 2.24 bits per heavy atom. The average molecular weight is 565 g/mol. The molecule has 2 heterocycles. The minimum absolute atomic E-state index is 0.232. The van der Waals surface area contributed by atoms with E-state index in [1.54, 1.807) is 51.4 Å². The van der Waals surface area contributed by atoms with E-state index >= 15 is 0 Å². The highest BCUT2D eigenvalue weighted by atomic mass is 19.4. The summed E-state index contributed by atoms with van der Waals surface area (Å²) in [4.78, 5) is 38.4. The van der Waals surface area contributed by atoms with Gasteiger partial charge >= 0.3 is 12.1 Å². The molecule has 0 saturated carbocycles. The highest BCUT2D eigenvalue weighted by Crippen LogP contribution is 2.32. The van der Waals surface area contributed by atoms with Gasteiger partial charge in [0, 0.05) is 36.5 Å². The lowest BCUT2D eigenvalue weighted by Gasteiger charge is -2.19. The minimum Gasteiger partial charge on any atom is -0.460 e. The summed E-state index contributed by atoms with van der Waals surface area (Å²) in [5, 5.41) is 2.87. The smallest absolute Gasteiger partial charge is 0.416 e. The topological polar surface area (TPSA) is 94.1 Å². The van der Waals surface area contributed by atoms with Crippen LogP contribution in [-0.2, 0) is 28.7 Å². The van der Waals surface area contributed by atoms with Crippen LogP contribution in [0, 0.1) is 0 Å². The van der Waals surface area contributed by atoms with Crippen LogP contribution in [0.4, 0.5) is 13.2 Å². The number of pyridine rings is 1. The van der Waals surface area contributed by atoms with Crippen molar-refractivity contribution >= 4 is 22.9 Å². The Morgan fingerprint density at radius 2 is 1.59 bits per heavy atom. The molecule has 2 aromatic carbocycles. The van der Waals surface area contributed by atoms with E-state index in [0.29, 0.717) is 59.4 Å². The number of nitrogens with zero attached hydrogens (tertiary/aromatic N) is 3. The summed E-state index contributed by atoms with van der Waals surface area (Å²) < 4.78 is 44.8. The normalized spacial score (nSPS) is 11.9. The number of rotatable bonds is 9. The molecule has 10 heteroatoms. The lowest BCUT2D eigenvalue weighted by Crippen LogP contribution is -2.23. The monoisotopic (exact) mass is 564 g/mol. The van der Waals surface area contributed by atoms with E-state index in [1.165, 1.54) is 12.1 Å². The number of fused-ring (bicyclic) bond motifs is 1. The molecule has 1 N–H and O–H groups in total. The number of hydrogen-bond donors (Lipinski definition) is 1. The maximum atomic E-state index is 13.1. The predicted octanol–water partition coefficient (Wildman–Crippen LogP) is 6.70. The molecule has 4 aromatic rings. The first-order valence-corrected chi connectivity index (χ1v) is 13.3. The van der Waals surface area contributed by atoms with E-state index < -0.39 is 17.3 Å². The van der Waals surface area contributed by atoms with Crippen LogP contribution in [0.1, 0.15) is 67.2 Å². The number of aryl methyl sites for hydroxylation is 1. The quantitative estimate of drug-likeness (QED) is 0.180. The van der Waals surface area contributed by atoms with Crippen molar-refractivity contribution in [2.24, 2.45) is 0 Å². The molecule has 0 aliphatic rings. The van der Waals surface area contributed by atoms with E-state index in [4.69, 9.17) is 14.7 Å². The molecule has 41 heavy (non-hydrogen) atoms. The number of carbonyl (C=O) groups excluding carboxylic acids is 2. The molecular formula is C31H31F3N4O3. The fraction of sp³-hybridized carbons (Fsp3) is 0.323. The highest BCUT2D eigenvalue weighted by Gasteiger charge is 2.30. The molecule has 0 radical (unpaired) electrons. The number of amides is 1. The largest absolute Gasteiger partial charge is 0.460 e. The second-order valence-electron chi connectivity index (χ2n) is 10.6. The Hall–Kier alpha value is -4.34. The zero-order chi connectivity index (χ0) is 29.6. The molecule has 0 unspecified atom stereocenters. The Kier molecular flexibility index (Phi) is 9.00. The van der Waals surface area contributed by atoms with Gasteiger partial charge in [-0.15, -0.1) is 0 Å². The van der Waals surface area contributed by atoms with Crippen molar-refractivity contribution in [2.75, 3.05) is 0 Å². The standard InChI is InChI=1S/C31H31F3N4O3/c1-30(2,3)41-27(39)7-5-4-6-25-28(21-8-11-23(12-9-21)31(32,33)34)38-24-13-10-22(18-26(24)37-25)29(40)36-19-20-14-16-35-17-15-20/h8-18H,4-7,19H2,1-3H3,(H,36,40). The van der Waals surface area contributed by atoms with E-state index in [2.05, 4.69) is 10.3 Å². The van der Waals surface area contributed by atoms with Gasteiger partial charge in [-0.2, -0.15) is 13.2 Å². The number of alkyl halides is 3. The molecule has 0 bridgehead atoms. The van der Waals surface area contributed by atoms with Crippen molar-refractivity contribution in [3.8, 4) is 11.3 Å². The van der Waals surface area contributed by atoms with E-state index in [9.17, 15) is 22.8 Å². The molecule has 214 valence electrons. The van der Waals surface area contributed by atoms with Crippen molar-refractivity contribution in [3.63, 3.8) is 0 Å². The maximum Gasteiger partial charge on any atom is 0.416 e. The van der Waals surface area contributed by atoms with Gasteiger partial charge in [-0.1, -0.05) is 12.1 Å². The number of esters is 1. The zero-order valence-corrected chi connectivity index (χ0v) is 23.1. The van der Waals surface area contributed by atoms with Gasteiger partial charge < -0.3 is 10.1 Å². The number of ether oxygens (including phenoxy) is 1. The molecule has 1 amide bonds. The fourth-order valence-corrected chi connectivity index (χ4v) is 4.19. The van der Waals surface area contributed by atoms with E-state index in [-0.39, 0.29) is 18.3 Å². The molecular weight excluding hydrogens is 533 g/mol. The van der Waals surface area contributed by atoms with Crippen molar-refractivity contribution < 1.29 is 27.5 Å². The molecule has 0 aliphatic heterocycles. The summed E-state index contributed by atoms with van der Waals surface area (Å²) in [5.74, 6) is -0.580. The first-order valence-electron chi connectivity index (χ1n) is 13.3. The minimum atomic E-state index is -4.45. The number of unbranched alkanes of at least 4 members (excludes halogenated alkanes) is 1. The van der Waals surface area contributed by atoms with E-state index in [1.807, 2.05) is 12.1 Å². The van der Waals surface area contributed by atoms with E-state index in [0.717, 1.165) is 17.7 Å². The van der Waals surface area contributed by atoms with Crippen LogP contribution in [0.2, 0.25) is 0 Å². The number of nitrogens with one attached hydrogen (secondary N) is 1. The first-order chi connectivity index (χ1) is 19.4. The number of benzene rings is 2. The third-order valence-electron chi connectivity index (χ3n) is 6.15. The van der Waals surface area contributed by atoms with Crippen molar-refractivity contribution in [3.05, 3.63) is 89.4 Å². The van der Waals surface area contributed by atoms with Gasteiger partial charge in [0.2, 0.25) is 0 Å². The number of carbonyl (C=O) groups is 2. The Bertz CT molecular complexity index is 1520. The fourth-order valence-electron chi connectivity index (χ4n) is 4.19. The molecule has 2 aromatic heterocycles. The van der Waals surface area contributed by atoms with Crippen molar-refractivity contribution in [1.29, 1.82) is 0 Å². The van der Waals surface area contributed by atoms with Gasteiger partial charge in [0.05, 0.1) is 28.0 Å². The molecule has 0 saturated heterocycles. The second kappa shape index (κ2) is 12.4. The summed E-state index contributed by atoms with van der Waals surface area (Å²) in [6.45, 7) is 5.75. The highest BCUT2D eigenvalue weighted by molar-refractivity contribution is 5.97. The summed E-state index contributed by atoms with van der Waals surface area (Å²) in [6, 6.07) is 13.4. The van der Waals surface area contributed by atoms with Gasteiger partial charge in [0.15, 0.2) is 0 Å². The van der Waals surface area contributed by atoms with Crippen LogP contribution in [0.15, 0.2) is 67.0 Å². The van der Waals surface area contributed by atoms with Gasteiger partial charge in [0.1, 0.15) is 5.60 Å². The van der Waals surface area contributed by atoms with Crippen LogP contribution < -0.4 is 5.32 Å². The SMILES string of the molecule is CC(C)(C)OC(=O)CCCCc1nc2cc(C(=O)NCc3ccncc3)ccc2nc1-c1ccc(C(F)(F)F)cc1. The molecule has 0 fully saturated rings. The lowest BCUT2D eigenvalue weighted by molar-refractivity contribution is -0.155. The van der Waals surface area contributed by atoms with Gasteiger partial charge in [0.25, 0.3) is 5.91 Å². The van der Waals surface area contributed by atoms with Crippen LogP contribution in [-0.4, -0.2) is 32.4 Å². The summed E-state index contributed by atoms with van der Waals surface area (Å²) in [5.41, 5.74) is 2.49. The predicted molar refractivity (Wildman–Crippen MR) is 149 cm³/mol. The van der Waals surface area contributed by atoms with Crippen LogP contribution in [0.3, 0.4) is 0 Å². The second-order valence-corrected chi connectivity index (χ2v) is 10.6. The summed E-state index contributed by atoms with van der Waals surface area (Å²) in [7, 11) is 0. The molecule has 0 spiro atoms. The van der Waals surface area contributed by atoms with Gasteiger partial charge in [-0.25, -0.2) is 9.97 Å². The van der Waals surface area contributed by atoms with Crippen molar-refractivity contribution in [2.45, 2.75) is 64.8 Å². The van der Waals surface area contributed by atoms with Gasteiger partial charge in [-0.3, -0.25) is 14.6 Å². The Morgan fingerprint density at radius 1 is 0.878 bits per heavy atom. The number of aromatic nitrogens is 3. The summed E-state index contributed by atoms with van der Waals surface area (Å²) in [6.07, 6.45) is 0.632. The Labute approximate surface area is 236 Å². The molecule has 4 rings (SSSR count).